The van der Waals surface area contributed by atoms with Crippen molar-refractivity contribution in [2.45, 2.75) is 44.2 Å². The molecule has 280 valence electrons. The number of likely N-dealkylation sites (N-methyl/N-ethyl adjacent to an activating group) is 2. The van der Waals surface area contributed by atoms with Crippen LogP contribution >= 0.6 is 12.4 Å². The quantitative estimate of drug-likeness (QED) is 0.155. The van der Waals surface area contributed by atoms with E-state index in [1.54, 1.807) is 32.3 Å². The van der Waals surface area contributed by atoms with Crippen molar-refractivity contribution in [2.75, 3.05) is 37.1 Å². The van der Waals surface area contributed by atoms with E-state index in [-0.39, 0.29) is 62.0 Å². The Hall–Kier alpha value is -6.00. The molecule has 8 N–H and O–H groups in total. The molecule has 2 aliphatic heterocycles. The van der Waals surface area contributed by atoms with Gasteiger partial charge in [-0.2, -0.15) is 0 Å². The van der Waals surface area contributed by atoms with E-state index in [0.717, 1.165) is 16.7 Å². The second kappa shape index (κ2) is 18.0. The minimum atomic E-state index is -0.917. The minimum Gasteiger partial charge on any atom is -0.489 e. The predicted octanol–water partition coefficient (Wildman–Crippen LogP) is 1.18. The normalized spacial score (nSPS) is 16.2. The van der Waals surface area contributed by atoms with Gasteiger partial charge in [0.15, 0.2) is 0 Å². The summed E-state index contributed by atoms with van der Waals surface area (Å²) in [6, 6.07) is 18.9. The third kappa shape index (κ3) is 10.3. The molecule has 5 amide bonds. The zero-order valence-electron chi connectivity index (χ0n) is 29.2. The van der Waals surface area contributed by atoms with Crippen molar-refractivity contribution >= 4 is 53.3 Å². The van der Waals surface area contributed by atoms with Gasteiger partial charge in [-0.25, -0.2) is 4.98 Å². The molecule has 2 atom stereocenters. The Balaban J connectivity index is 0.000000267. The SMILES string of the molecule is CN1C(=O)C(N)COc2ccc(CCC(N)=O)cc21.CN1C(=O)C(NC(=O)c2n[nH]c(Cc3ccccc3)n2)COc2ccc(CCC(N)=O)cc21.Cl. The van der Waals surface area contributed by atoms with Crippen LogP contribution in [0, 0.1) is 0 Å². The number of hydrogen-bond acceptors (Lipinski definition) is 10. The van der Waals surface area contributed by atoms with E-state index in [4.69, 9.17) is 26.7 Å². The summed E-state index contributed by atoms with van der Waals surface area (Å²) >= 11 is 0. The Morgan fingerprint density at radius 2 is 1.36 bits per heavy atom. The molecule has 3 heterocycles. The van der Waals surface area contributed by atoms with Crippen LogP contribution in [0.15, 0.2) is 66.7 Å². The van der Waals surface area contributed by atoms with Gasteiger partial charge in [-0.05, 0) is 53.8 Å². The lowest BCUT2D eigenvalue weighted by Crippen LogP contribution is -2.49. The molecule has 3 aromatic carbocycles. The van der Waals surface area contributed by atoms with E-state index >= 15 is 0 Å². The van der Waals surface area contributed by atoms with Crippen molar-refractivity contribution in [1.82, 2.24) is 20.5 Å². The molecule has 53 heavy (non-hydrogen) atoms. The molecule has 4 aromatic rings. The number of rotatable bonds is 10. The number of benzene rings is 3. The third-order valence-electron chi connectivity index (χ3n) is 8.44. The van der Waals surface area contributed by atoms with Crippen LogP contribution in [0.4, 0.5) is 11.4 Å². The summed E-state index contributed by atoms with van der Waals surface area (Å²) in [6.07, 6.45) is 1.98. The van der Waals surface area contributed by atoms with E-state index in [0.29, 0.717) is 48.0 Å². The first-order chi connectivity index (χ1) is 24.9. The summed E-state index contributed by atoms with van der Waals surface area (Å²) in [5.41, 5.74) is 20.1. The van der Waals surface area contributed by atoms with Crippen molar-refractivity contribution in [3.05, 3.63) is 95.1 Å². The third-order valence-corrected chi connectivity index (χ3v) is 8.44. The van der Waals surface area contributed by atoms with Gasteiger partial charge in [0.05, 0.1) is 11.4 Å². The van der Waals surface area contributed by atoms with Gasteiger partial charge in [-0.15, -0.1) is 17.5 Å². The molecule has 2 unspecified atom stereocenters. The summed E-state index contributed by atoms with van der Waals surface area (Å²) in [5.74, 6) is -0.228. The largest absolute Gasteiger partial charge is 0.489 e. The first-order valence-electron chi connectivity index (χ1n) is 16.5. The molecule has 0 fully saturated rings. The van der Waals surface area contributed by atoms with Crippen LogP contribution in [-0.2, 0) is 38.4 Å². The number of carbonyl (C=O) groups is 5. The number of hydrogen-bond donors (Lipinski definition) is 5. The van der Waals surface area contributed by atoms with Gasteiger partial charge < -0.3 is 41.8 Å². The number of nitrogens with zero attached hydrogens (tertiary/aromatic N) is 4. The lowest BCUT2D eigenvalue weighted by molar-refractivity contribution is -0.121. The summed E-state index contributed by atoms with van der Waals surface area (Å²) in [5, 5.41) is 9.40. The van der Waals surface area contributed by atoms with E-state index in [2.05, 4.69) is 20.5 Å². The highest BCUT2D eigenvalue weighted by Gasteiger charge is 2.32. The highest BCUT2D eigenvalue weighted by molar-refractivity contribution is 6.02. The fourth-order valence-electron chi connectivity index (χ4n) is 5.55. The van der Waals surface area contributed by atoms with E-state index < -0.39 is 23.9 Å². The molecule has 6 rings (SSSR count). The number of carbonyl (C=O) groups excluding carboxylic acids is 5. The number of halogens is 1. The molecule has 17 heteroatoms. The zero-order valence-corrected chi connectivity index (χ0v) is 30.1. The van der Waals surface area contributed by atoms with Gasteiger partial charge in [0, 0.05) is 33.4 Å². The number of aryl methyl sites for hydroxylation is 2. The maximum Gasteiger partial charge on any atom is 0.291 e. The Morgan fingerprint density at radius 1 is 0.811 bits per heavy atom. The summed E-state index contributed by atoms with van der Waals surface area (Å²) in [6.45, 7) is 0.126. The fraction of sp³-hybridized carbons (Fsp3) is 0.306. The molecule has 0 saturated heterocycles. The van der Waals surface area contributed by atoms with Crippen LogP contribution in [-0.4, -0.2) is 84.1 Å². The number of anilines is 2. The second-order valence-corrected chi connectivity index (χ2v) is 12.4. The van der Waals surface area contributed by atoms with Crippen LogP contribution in [0.5, 0.6) is 11.5 Å². The lowest BCUT2D eigenvalue weighted by atomic mass is 10.1. The van der Waals surface area contributed by atoms with Crippen molar-refractivity contribution in [3.63, 3.8) is 0 Å². The zero-order chi connectivity index (χ0) is 37.4. The molecular weight excluding hydrogens is 706 g/mol. The van der Waals surface area contributed by atoms with Gasteiger partial charge in [0.2, 0.25) is 23.5 Å². The summed E-state index contributed by atoms with van der Waals surface area (Å²) < 4.78 is 11.3. The number of fused-ring (bicyclic) bond motifs is 2. The van der Waals surface area contributed by atoms with Crippen LogP contribution in [0.3, 0.4) is 0 Å². The lowest BCUT2D eigenvalue weighted by Gasteiger charge is -2.20. The number of nitrogens with one attached hydrogen (secondary N) is 2. The molecule has 0 spiro atoms. The minimum absolute atomic E-state index is 0. The average Bonchev–Trinajstić information content (AvgIpc) is 3.54. The van der Waals surface area contributed by atoms with E-state index in [1.165, 1.54) is 9.80 Å². The van der Waals surface area contributed by atoms with Crippen molar-refractivity contribution in [1.29, 1.82) is 0 Å². The van der Waals surface area contributed by atoms with E-state index in [1.807, 2.05) is 48.5 Å². The number of nitrogens with two attached hydrogens (primary N) is 3. The monoisotopic (exact) mass is 747 g/mol. The smallest absolute Gasteiger partial charge is 0.291 e. The molecule has 0 radical (unpaired) electrons. The maximum atomic E-state index is 13.0. The van der Waals surface area contributed by atoms with Crippen molar-refractivity contribution in [3.8, 4) is 11.5 Å². The van der Waals surface area contributed by atoms with Gasteiger partial charge >= 0.3 is 0 Å². The Bertz CT molecular complexity index is 1960. The van der Waals surface area contributed by atoms with Crippen molar-refractivity contribution < 1.29 is 33.4 Å². The molecule has 0 aliphatic carbocycles. The number of aromatic amines is 1. The van der Waals surface area contributed by atoms with Crippen LogP contribution in [0.25, 0.3) is 0 Å². The highest BCUT2D eigenvalue weighted by atomic mass is 35.5. The Labute approximate surface area is 311 Å². The fourth-order valence-corrected chi connectivity index (χ4v) is 5.55. The first kappa shape index (κ1) is 39.8. The van der Waals surface area contributed by atoms with Gasteiger partial charge in [-0.3, -0.25) is 29.1 Å². The van der Waals surface area contributed by atoms with E-state index in [9.17, 15) is 24.0 Å². The standard InChI is InChI=1S/C23H24N6O4.C13H17N3O3.ClH/c1-29-17-11-15(8-10-19(24)30)7-9-18(17)33-13-16(23(29)32)25-22(31)21-26-20(27-28-21)12-14-5-3-2-4-6-14;1-16-10-6-8(3-5-12(15)17)2-4-11(10)19-7-9(14)13(16)18;/h2-7,9,11,16H,8,10,12-13H2,1H3,(H2,24,30)(H,25,31)(H,26,27,28);2,4,6,9H,3,5,7,14H2,1H3,(H2,15,17);1H. The summed E-state index contributed by atoms with van der Waals surface area (Å²) in [4.78, 5) is 66.7. The molecule has 2 aliphatic rings. The molecule has 0 saturated carbocycles. The molecule has 0 bridgehead atoms. The predicted molar refractivity (Wildman–Crippen MR) is 198 cm³/mol. The Morgan fingerprint density at radius 3 is 1.92 bits per heavy atom. The molecule has 1 aromatic heterocycles. The second-order valence-electron chi connectivity index (χ2n) is 12.4. The first-order valence-corrected chi connectivity index (χ1v) is 16.5. The van der Waals surface area contributed by atoms with Crippen molar-refractivity contribution in [2.24, 2.45) is 17.2 Å². The maximum absolute atomic E-state index is 13.0. The molecule has 16 nitrogen and oxygen atoms in total. The number of aromatic nitrogens is 3. The number of H-pyrrole nitrogens is 1. The summed E-state index contributed by atoms with van der Waals surface area (Å²) in [7, 11) is 3.27. The average molecular weight is 748 g/mol. The van der Waals surface area contributed by atoms with Crippen LogP contribution in [0.2, 0.25) is 0 Å². The van der Waals surface area contributed by atoms with Crippen LogP contribution < -0.4 is 41.8 Å². The number of ether oxygens (including phenoxy) is 2. The van der Waals surface area contributed by atoms with Crippen LogP contribution in [0.1, 0.15) is 46.0 Å². The topological polar surface area (TPSA) is 242 Å². The Kier molecular flexibility index (Phi) is 13.5. The van der Waals surface area contributed by atoms with Gasteiger partial charge in [0.25, 0.3) is 11.8 Å². The van der Waals surface area contributed by atoms with Gasteiger partial charge in [0.1, 0.15) is 42.6 Å². The number of primary amides is 2. The number of amides is 5. The van der Waals surface area contributed by atoms with Gasteiger partial charge in [-0.1, -0.05) is 42.5 Å². The molecular formula is C36H42ClN9O7. The highest BCUT2D eigenvalue weighted by Crippen LogP contribution is 2.33.